The number of benzene rings is 4. The van der Waals surface area contributed by atoms with Crippen molar-refractivity contribution in [3.63, 3.8) is 0 Å². The third-order valence-corrected chi connectivity index (χ3v) is 18.8. The molecular formula is C58H60O3S4. The molecule has 0 fully saturated rings. The second kappa shape index (κ2) is 19.0. The molecule has 4 heterocycles. The lowest BCUT2D eigenvalue weighted by atomic mass is 10.1. The minimum Gasteiger partial charge on any atom is -0.385 e. The molecule has 0 bridgehead atoms. The summed E-state index contributed by atoms with van der Waals surface area (Å²) in [5, 5.41) is 23.2. The fourth-order valence-electron chi connectivity index (χ4n) is 10.6. The molecule has 4 aliphatic rings. The summed E-state index contributed by atoms with van der Waals surface area (Å²) in [5.41, 5.74) is 0. The maximum absolute atomic E-state index is 5.82. The maximum Gasteiger partial charge on any atom is 0.0514 e. The Morgan fingerprint density at radius 2 is 0.646 bits per heavy atom. The van der Waals surface area contributed by atoms with Gasteiger partial charge in [-0.15, -0.1) is 45.3 Å². The number of hydrogen-bond donors (Lipinski definition) is 0. The third-order valence-electron chi connectivity index (χ3n) is 13.9. The van der Waals surface area contributed by atoms with E-state index in [1.807, 2.05) is 45.3 Å². The lowest BCUT2D eigenvalue weighted by Crippen LogP contribution is -1.98. The molecular weight excluding hydrogens is 873 g/mol. The maximum atomic E-state index is 5.82. The van der Waals surface area contributed by atoms with E-state index in [9.17, 15) is 0 Å². The number of aryl methyl sites for hydroxylation is 2. The standard InChI is InChI=1S/C30H32O2S2.C28H28OS2/c1-3-5-13-31-15-11-19-17-25-21-7-10-24-28-22(8-9-23(27(21)28)29(25)33-19)26-18-20(34-30(24)26)12-16-32-14-6-4-2;1-3-4-5-8-17-15-23-19-10-13-22-26-20(11-12-21(25(19)26)27(23)30-17)24-16-18(31-28(22)24)9-6-7-14-29-2/h7-10,17-18H,3-6,11-16H2,1-2H3;10-13,15-16H,3-9,14H2,1-2H3. The predicted molar refractivity (Wildman–Crippen MR) is 273 cm³/mol. The number of rotatable bonds is 21. The van der Waals surface area contributed by atoms with Gasteiger partial charge < -0.3 is 14.2 Å². The molecule has 0 aliphatic heterocycles. The number of unbranched alkanes of at least 4 members (excludes halogenated alkanes) is 5. The molecule has 0 spiro atoms. The van der Waals surface area contributed by atoms with Crippen molar-refractivity contribution in [2.75, 3.05) is 40.1 Å². The van der Waals surface area contributed by atoms with Gasteiger partial charge in [0.1, 0.15) is 0 Å². The topological polar surface area (TPSA) is 27.7 Å². The van der Waals surface area contributed by atoms with Gasteiger partial charge in [-0.25, -0.2) is 0 Å². The smallest absolute Gasteiger partial charge is 0.0514 e. The summed E-state index contributed by atoms with van der Waals surface area (Å²) >= 11 is 7.95. The summed E-state index contributed by atoms with van der Waals surface area (Å²) < 4.78 is 22.7. The van der Waals surface area contributed by atoms with Crippen LogP contribution in [-0.2, 0) is 39.9 Å². The lowest BCUT2D eigenvalue weighted by molar-refractivity contribution is 0.134. The highest BCUT2D eigenvalue weighted by Gasteiger charge is 2.18. The average Bonchev–Trinajstić information content (AvgIpc) is 4.20. The van der Waals surface area contributed by atoms with Crippen molar-refractivity contribution < 1.29 is 14.2 Å². The van der Waals surface area contributed by atoms with Crippen molar-refractivity contribution >= 4 is 66.9 Å². The molecule has 0 N–H and O–H groups in total. The molecule has 0 amide bonds. The summed E-state index contributed by atoms with van der Waals surface area (Å²) in [4.78, 5) is 5.94. The first-order chi connectivity index (χ1) is 32.1. The van der Waals surface area contributed by atoms with Crippen molar-refractivity contribution in [3.8, 4) is 0 Å². The molecule has 7 heteroatoms. The first-order valence-electron chi connectivity index (χ1n) is 24.5. The van der Waals surface area contributed by atoms with Crippen molar-refractivity contribution in [3.05, 3.63) is 173 Å². The average molecular weight is 933 g/mol. The van der Waals surface area contributed by atoms with Crippen LogP contribution in [0.25, 0.3) is 21.5 Å². The van der Waals surface area contributed by atoms with Crippen molar-refractivity contribution in [2.45, 2.75) is 104 Å². The second-order valence-corrected chi connectivity index (χ2v) is 22.9. The van der Waals surface area contributed by atoms with E-state index in [0.717, 1.165) is 71.6 Å². The summed E-state index contributed by atoms with van der Waals surface area (Å²) in [7, 11) is 1.79. The van der Waals surface area contributed by atoms with Gasteiger partial charge in [-0.3, -0.25) is 0 Å². The zero-order valence-corrected chi connectivity index (χ0v) is 41.8. The van der Waals surface area contributed by atoms with Crippen LogP contribution in [0.1, 0.15) is 98.1 Å². The van der Waals surface area contributed by atoms with Crippen LogP contribution in [0.3, 0.4) is 0 Å². The summed E-state index contributed by atoms with van der Waals surface area (Å²) in [5.74, 6) is 0. The van der Waals surface area contributed by atoms with Gasteiger partial charge in [-0.2, -0.15) is 0 Å². The van der Waals surface area contributed by atoms with Gasteiger partial charge in [-0.05, 0) is 112 Å². The highest BCUT2D eigenvalue weighted by atomic mass is 32.1. The number of hydrogen-bond acceptors (Lipinski definition) is 7. The van der Waals surface area contributed by atoms with E-state index < -0.39 is 0 Å². The van der Waals surface area contributed by atoms with E-state index in [1.165, 1.54) is 162 Å². The van der Waals surface area contributed by atoms with E-state index in [0.29, 0.717) is 0 Å². The van der Waals surface area contributed by atoms with Gasteiger partial charge in [0.25, 0.3) is 0 Å². The Morgan fingerprint density at radius 3 is 0.985 bits per heavy atom. The van der Waals surface area contributed by atoms with Gasteiger partial charge in [-0.1, -0.05) is 95.0 Å². The normalized spacial score (nSPS) is 12.7. The third kappa shape index (κ3) is 7.81. The predicted octanol–water partition coefficient (Wildman–Crippen LogP) is 14.9. The summed E-state index contributed by atoms with van der Waals surface area (Å²) in [6.45, 7) is 11.0. The van der Waals surface area contributed by atoms with Crippen molar-refractivity contribution in [2.24, 2.45) is 0 Å². The number of thiophene rings is 4. The minimum atomic E-state index is 0.825. The Balaban J connectivity index is 0.000000145. The first-order valence-corrected chi connectivity index (χ1v) is 27.7. The van der Waals surface area contributed by atoms with Gasteiger partial charge in [0.2, 0.25) is 0 Å². The summed E-state index contributed by atoms with van der Waals surface area (Å²) in [6, 6.07) is 28.8. The van der Waals surface area contributed by atoms with Crippen molar-refractivity contribution in [1.82, 2.24) is 0 Å². The molecule has 334 valence electrons. The Kier molecular flexibility index (Phi) is 12.8. The molecule has 0 atom stereocenters. The van der Waals surface area contributed by atoms with Crippen molar-refractivity contribution in [1.29, 1.82) is 0 Å². The Labute approximate surface area is 395 Å². The lowest BCUT2D eigenvalue weighted by Gasteiger charge is -2.02. The molecule has 0 unspecified atom stereocenters. The van der Waals surface area contributed by atoms with E-state index in [1.54, 1.807) is 12.0 Å². The molecule has 65 heavy (non-hydrogen) atoms. The highest BCUT2D eigenvalue weighted by molar-refractivity contribution is 7.11. The molecule has 0 saturated heterocycles. The molecule has 12 rings (SSSR count). The van der Waals surface area contributed by atoms with Crippen LogP contribution in [0.2, 0.25) is 0 Å². The zero-order valence-electron chi connectivity index (χ0n) is 38.5. The van der Waals surface area contributed by atoms with E-state index in [-0.39, 0.29) is 0 Å². The molecule has 8 aromatic rings. The van der Waals surface area contributed by atoms with Crippen LogP contribution in [0.5, 0.6) is 0 Å². The summed E-state index contributed by atoms with van der Waals surface area (Å²) in [6.07, 6.45) is 15.4. The molecule has 0 radical (unpaired) electrons. The highest BCUT2D eigenvalue weighted by Crippen LogP contribution is 2.36. The van der Waals surface area contributed by atoms with Crippen LogP contribution < -0.4 is 0 Å². The van der Waals surface area contributed by atoms with Crippen LogP contribution in [0, 0.1) is 80.8 Å². The molecule has 0 saturated carbocycles. The van der Waals surface area contributed by atoms with Gasteiger partial charge >= 0.3 is 0 Å². The largest absolute Gasteiger partial charge is 0.385 e. The van der Waals surface area contributed by atoms with Crippen LogP contribution in [0.15, 0.2) is 72.8 Å². The number of methoxy groups -OCH3 is 1. The fourth-order valence-corrected chi connectivity index (χ4v) is 15.5. The fraction of sp³-hybridized carbons (Fsp3) is 0.379. The molecule has 4 aliphatic carbocycles. The molecule has 4 aromatic carbocycles. The SMILES string of the molecule is CCCCCc1cc2c(s1)=c1ccc3c4c(ccc=2c14)=c1sc(CCCCOC)cc1=3.CCCCOCCc1cc2c(s1)=c1ccc3c4c(ccc=2c14)=c1sc(CCOCCCC)cc1=3. The molecule has 4 aromatic heterocycles. The van der Waals surface area contributed by atoms with E-state index in [2.05, 4.69) is 93.6 Å². The monoisotopic (exact) mass is 932 g/mol. The Hall–Kier alpha value is -3.92. The van der Waals surface area contributed by atoms with Gasteiger partial charge in [0, 0.05) is 119 Å². The second-order valence-electron chi connectivity index (χ2n) is 18.3. The van der Waals surface area contributed by atoms with E-state index >= 15 is 0 Å². The zero-order chi connectivity index (χ0) is 44.0. The van der Waals surface area contributed by atoms with Crippen LogP contribution >= 0.6 is 45.3 Å². The first kappa shape index (κ1) is 43.6. The van der Waals surface area contributed by atoms with Gasteiger partial charge in [0.15, 0.2) is 0 Å². The van der Waals surface area contributed by atoms with Crippen LogP contribution in [-0.4, -0.2) is 40.1 Å². The Morgan fingerprint density at radius 1 is 0.323 bits per heavy atom. The van der Waals surface area contributed by atoms with Gasteiger partial charge in [0.05, 0.1) is 13.2 Å². The Bertz CT molecular complexity index is 3610. The minimum absolute atomic E-state index is 0.825. The number of ether oxygens (including phenoxy) is 3. The number of fused-ring (bicyclic) bond motifs is 4. The van der Waals surface area contributed by atoms with Crippen LogP contribution in [0.4, 0.5) is 0 Å². The quantitative estimate of drug-likeness (QED) is 0.0672. The van der Waals surface area contributed by atoms with E-state index in [4.69, 9.17) is 14.2 Å². The molecule has 3 nitrogen and oxygen atoms in total.